The lowest BCUT2D eigenvalue weighted by molar-refractivity contribution is -0.0610. The monoisotopic (exact) mass is 252 g/mol. The van der Waals surface area contributed by atoms with Gasteiger partial charge in [-0.05, 0) is 39.8 Å². The van der Waals surface area contributed by atoms with E-state index in [1.807, 2.05) is 58.0 Å². The van der Waals surface area contributed by atoms with Crippen LogP contribution in [0.1, 0.15) is 27.7 Å². The number of rotatable bonds is 8. The highest BCUT2D eigenvalue weighted by Crippen LogP contribution is 2.09. The van der Waals surface area contributed by atoms with Crippen molar-refractivity contribution in [2.75, 3.05) is 13.2 Å². The zero-order valence-corrected chi connectivity index (χ0v) is 11.8. The fraction of sp³-hybridized carbons (Fsp3) is 0.600. The Labute approximate surface area is 110 Å². The average molecular weight is 252 g/mol. The zero-order chi connectivity index (χ0) is 13.4. The Kier molecular flexibility index (Phi) is 6.76. The minimum atomic E-state index is 0.0587. The molecular weight excluding hydrogens is 228 g/mol. The molecule has 2 atom stereocenters. The highest BCUT2D eigenvalue weighted by molar-refractivity contribution is 5.20. The van der Waals surface area contributed by atoms with Crippen LogP contribution >= 0.6 is 0 Å². The van der Waals surface area contributed by atoms with E-state index >= 15 is 0 Å². The van der Waals surface area contributed by atoms with Crippen LogP contribution in [0.15, 0.2) is 30.3 Å². The molecule has 18 heavy (non-hydrogen) atoms. The maximum absolute atomic E-state index is 5.68. The molecule has 0 bridgehead atoms. The predicted molar refractivity (Wildman–Crippen MR) is 73.0 cm³/mol. The van der Waals surface area contributed by atoms with E-state index in [0.29, 0.717) is 13.2 Å². The van der Waals surface area contributed by atoms with E-state index in [-0.39, 0.29) is 18.3 Å². The van der Waals surface area contributed by atoms with Crippen molar-refractivity contribution in [1.82, 2.24) is 0 Å². The molecule has 0 saturated heterocycles. The molecule has 3 nitrogen and oxygen atoms in total. The normalized spacial score (nSPS) is 14.5. The quantitative estimate of drug-likeness (QED) is 0.710. The summed E-state index contributed by atoms with van der Waals surface area (Å²) in [5, 5.41) is 0. The molecule has 1 aromatic carbocycles. The van der Waals surface area contributed by atoms with Gasteiger partial charge in [-0.1, -0.05) is 18.2 Å². The lowest BCUT2D eigenvalue weighted by Gasteiger charge is -2.19. The van der Waals surface area contributed by atoms with E-state index in [2.05, 4.69) is 0 Å². The third-order valence-corrected chi connectivity index (χ3v) is 2.35. The van der Waals surface area contributed by atoms with Crippen LogP contribution < -0.4 is 4.74 Å². The van der Waals surface area contributed by atoms with Crippen LogP contribution in [-0.4, -0.2) is 31.5 Å². The van der Waals surface area contributed by atoms with Crippen LogP contribution in [0.3, 0.4) is 0 Å². The zero-order valence-electron chi connectivity index (χ0n) is 11.8. The molecule has 0 heterocycles. The molecule has 0 saturated carbocycles. The first kappa shape index (κ1) is 15.0. The van der Waals surface area contributed by atoms with Crippen molar-refractivity contribution in [1.29, 1.82) is 0 Å². The van der Waals surface area contributed by atoms with Gasteiger partial charge in [0, 0.05) is 0 Å². The first-order chi connectivity index (χ1) is 8.58. The summed E-state index contributed by atoms with van der Waals surface area (Å²) in [6.07, 6.45) is 0.409. The fourth-order valence-electron chi connectivity index (χ4n) is 1.58. The smallest absolute Gasteiger partial charge is 0.119 e. The Morgan fingerprint density at radius 2 is 1.56 bits per heavy atom. The Bertz CT molecular complexity index is 311. The minimum absolute atomic E-state index is 0.0587. The lowest BCUT2D eigenvalue weighted by atomic mass is 10.3. The first-order valence-corrected chi connectivity index (χ1v) is 6.53. The van der Waals surface area contributed by atoms with Crippen molar-refractivity contribution in [2.24, 2.45) is 0 Å². The fourth-order valence-corrected chi connectivity index (χ4v) is 1.58. The van der Waals surface area contributed by atoms with Gasteiger partial charge in [-0.25, -0.2) is 0 Å². The molecule has 0 aromatic heterocycles. The Morgan fingerprint density at radius 1 is 0.889 bits per heavy atom. The Hall–Kier alpha value is -1.06. The molecule has 0 spiro atoms. The summed E-state index contributed by atoms with van der Waals surface area (Å²) in [4.78, 5) is 0. The number of para-hydroxylation sites is 1. The highest BCUT2D eigenvalue weighted by atomic mass is 16.6. The van der Waals surface area contributed by atoms with Crippen LogP contribution in [0.25, 0.3) is 0 Å². The topological polar surface area (TPSA) is 27.7 Å². The maximum Gasteiger partial charge on any atom is 0.119 e. The van der Waals surface area contributed by atoms with E-state index in [0.717, 1.165) is 5.75 Å². The van der Waals surface area contributed by atoms with Crippen molar-refractivity contribution < 1.29 is 14.2 Å². The van der Waals surface area contributed by atoms with Crippen molar-refractivity contribution >= 4 is 0 Å². The van der Waals surface area contributed by atoms with Gasteiger partial charge < -0.3 is 14.2 Å². The largest absolute Gasteiger partial charge is 0.491 e. The van der Waals surface area contributed by atoms with Gasteiger partial charge >= 0.3 is 0 Å². The van der Waals surface area contributed by atoms with Gasteiger partial charge in [0.1, 0.15) is 12.4 Å². The number of hydrogen-bond acceptors (Lipinski definition) is 3. The van der Waals surface area contributed by atoms with Gasteiger partial charge in [-0.2, -0.15) is 0 Å². The summed E-state index contributed by atoms with van der Waals surface area (Å²) in [7, 11) is 0. The highest BCUT2D eigenvalue weighted by Gasteiger charge is 2.09. The van der Waals surface area contributed by atoms with Gasteiger partial charge in [-0.3, -0.25) is 0 Å². The molecule has 0 N–H and O–H groups in total. The van der Waals surface area contributed by atoms with Crippen LogP contribution in [-0.2, 0) is 9.47 Å². The molecule has 3 heteroatoms. The lowest BCUT2D eigenvalue weighted by Crippen LogP contribution is -2.26. The maximum atomic E-state index is 5.68. The molecule has 0 fully saturated rings. The van der Waals surface area contributed by atoms with Gasteiger partial charge in [0.05, 0.1) is 24.9 Å². The number of ether oxygens (including phenoxy) is 3. The summed E-state index contributed by atoms with van der Waals surface area (Å²) in [5.41, 5.74) is 0. The van der Waals surface area contributed by atoms with Crippen LogP contribution in [0.4, 0.5) is 0 Å². The second-order valence-electron chi connectivity index (χ2n) is 4.76. The SMILES string of the molecule is CC(C)OC(C)COC(C)COc1ccccc1. The summed E-state index contributed by atoms with van der Waals surface area (Å²) >= 11 is 0. The number of benzene rings is 1. The second kappa shape index (κ2) is 8.11. The van der Waals surface area contributed by atoms with Gasteiger partial charge in [0.25, 0.3) is 0 Å². The van der Waals surface area contributed by atoms with E-state index in [9.17, 15) is 0 Å². The standard InChI is InChI=1S/C15H24O3/c1-12(2)18-14(4)11-16-13(3)10-17-15-8-6-5-7-9-15/h5-9,12-14H,10-11H2,1-4H3. The third kappa shape index (κ3) is 6.62. The third-order valence-electron chi connectivity index (χ3n) is 2.35. The summed E-state index contributed by atoms with van der Waals surface area (Å²) in [6, 6.07) is 9.77. The van der Waals surface area contributed by atoms with Crippen molar-refractivity contribution in [3.8, 4) is 5.75 Å². The Balaban J connectivity index is 2.16. The van der Waals surface area contributed by atoms with Crippen molar-refractivity contribution in [3.05, 3.63) is 30.3 Å². The van der Waals surface area contributed by atoms with E-state index in [1.54, 1.807) is 0 Å². The number of hydrogen-bond donors (Lipinski definition) is 0. The average Bonchev–Trinajstić information content (AvgIpc) is 2.34. The van der Waals surface area contributed by atoms with Crippen molar-refractivity contribution in [2.45, 2.75) is 46.0 Å². The van der Waals surface area contributed by atoms with Gasteiger partial charge in [0.15, 0.2) is 0 Å². The summed E-state index contributed by atoms with van der Waals surface area (Å²) < 4.78 is 16.9. The van der Waals surface area contributed by atoms with Crippen molar-refractivity contribution in [3.63, 3.8) is 0 Å². The molecule has 0 aliphatic rings. The van der Waals surface area contributed by atoms with E-state index in [4.69, 9.17) is 14.2 Å². The van der Waals surface area contributed by atoms with Crippen LogP contribution in [0.2, 0.25) is 0 Å². The minimum Gasteiger partial charge on any atom is -0.491 e. The molecular formula is C15H24O3. The Morgan fingerprint density at radius 3 is 2.17 bits per heavy atom. The first-order valence-electron chi connectivity index (χ1n) is 6.53. The molecule has 0 aliphatic carbocycles. The van der Waals surface area contributed by atoms with E-state index < -0.39 is 0 Å². The predicted octanol–water partition coefficient (Wildman–Crippen LogP) is 3.28. The summed E-state index contributed by atoms with van der Waals surface area (Å²) in [5.74, 6) is 0.874. The van der Waals surface area contributed by atoms with E-state index in [1.165, 1.54) is 0 Å². The van der Waals surface area contributed by atoms with Crippen LogP contribution in [0.5, 0.6) is 5.75 Å². The summed E-state index contributed by atoms with van der Waals surface area (Å²) in [6.45, 7) is 9.22. The van der Waals surface area contributed by atoms with Crippen LogP contribution in [0, 0.1) is 0 Å². The molecule has 1 rings (SSSR count). The second-order valence-corrected chi connectivity index (χ2v) is 4.76. The van der Waals surface area contributed by atoms with Gasteiger partial charge in [-0.15, -0.1) is 0 Å². The molecule has 1 aromatic rings. The molecule has 0 aliphatic heterocycles. The molecule has 0 radical (unpaired) electrons. The van der Waals surface area contributed by atoms with Gasteiger partial charge in [0.2, 0.25) is 0 Å². The molecule has 2 unspecified atom stereocenters. The molecule has 102 valence electrons. The molecule has 0 amide bonds.